The van der Waals surface area contributed by atoms with Gasteiger partial charge in [0.25, 0.3) is 0 Å². The lowest BCUT2D eigenvalue weighted by atomic mass is 9.86. The van der Waals surface area contributed by atoms with E-state index in [2.05, 4.69) is 33.2 Å². The zero-order valence-electron chi connectivity index (χ0n) is 19.4. The number of nitrogens with zero attached hydrogens (tertiary/aromatic N) is 5. The Balaban J connectivity index is 1.46. The van der Waals surface area contributed by atoms with E-state index < -0.39 is 0 Å². The SMILES string of the molecule is CN1CCN(CCCN(C(=O)Nc2cc(Cl)nc(Cl)c2)C2CCc3cc(C#N)ccc3C2)CC1. The molecule has 1 aromatic carbocycles. The summed E-state index contributed by atoms with van der Waals surface area (Å²) in [5.74, 6) is 0. The van der Waals surface area contributed by atoms with Gasteiger partial charge in [-0.1, -0.05) is 29.3 Å². The van der Waals surface area contributed by atoms with E-state index in [1.165, 1.54) is 11.1 Å². The number of piperazine rings is 1. The number of rotatable bonds is 6. The first-order chi connectivity index (χ1) is 16.4. The van der Waals surface area contributed by atoms with Crippen molar-refractivity contribution in [2.75, 3.05) is 51.6 Å². The average Bonchev–Trinajstić information content (AvgIpc) is 2.81. The van der Waals surface area contributed by atoms with Gasteiger partial charge in [0, 0.05) is 44.5 Å². The Morgan fingerprint density at radius 1 is 1.18 bits per heavy atom. The van der Waals surface area contributed by atoms with E-state index in [1.54, 1.807) is 12.1 Å². The molecule has 180 valence electrons. The maximum absolute atomic E-state index is 13.4. The summed E-state index contributed by atoms with van der Waals surface area (Å²) in [5, 5.41) is 12.7. The second-order valence-electron chi connectivity index (χ2n) is 9.12. The lowest BCUT2D eigenvalue weighted by Gasteiger charge is -2.37. The fourth-order valence-corrected chi connectivity index (χ4v) is 5.25. The second kappa shape index (κ2) is 11.4. The number of pyridine rings is 1. The Morgan fingerprint density at radius 2 is 1.91 bits per heavy atom. The normalized spacial score (nSPS) is 18.7. The predicted octanol–water partition coefficient (Wildman–Crippen LogP) is 4.29. The number of halogens is 2. The topological polar surface area (TPSA) is 75.5 Å². The summed E-state index contributed by atoms with van der Waals surface area (Å²) in [7, 11) is 2.15. The molecular formula is C25H30Cl2N6O. The standard InChI is InChI=1S/C25H30Cl2N6O/c1-31-9-11-32(12-10-31)7-2-8-33(25(34)29-21-15-23(26)30-24(27)16-21)22-6-5-19-13-18(17-28)3-4-20(19)14-22/h3-4,13,15-16,22H,2,5-12,14H2,1H3,(H,29,30,34). The number of nitrogens with one attached hydrogen (secondary N) is 1. The summed E-state index contributed by atoms with van der Waals surface area (Å²) in [6.07, 6.45) is 3.40. The van der Waals surface area contributed by atoms with Crippen LogP contribution in [-0.2, 0) is 12.8 Å². The van der Waals surface area contributed by atoms with Gasteiger partial charge in [0.1, 0.15) is 10.3 Å². The summed E-state index contributed by atoms with van der Waals surface area (Å²) in [5.41, 5.74) is 3.64. The Morgan fingerprint density at radius 3 is 2.62 bits per heavy atom. The highest BCUT2D eigenvalue weighted by Gasteiger charge is 2.28. The van der Waals surface area contributed by atoms with Crippen molar-refractivity contribution in [1.82, 2.24) is 19.7 Å². The van der Waals surface area contributed by atoms with Gasteiger partial charge in [-0.05, 0) is 74.7 Å². The maximum atomic E-state index is 13.4. The molecule has 1 aliphatic carbocycles. The molecule has 9 heteroatoms. The number of hydrogen-bond acceptors (Lipinski definition) is 5. The molecule has 1 atom stereocenters. The van der Waals surface area contributed by atoms with Crippen LogP contribution in [0, 0.1) is 11.3 Å². The van der Waals surface area contributed by atoms with E-state index >= 15 is 0 Å². The van der Waals surface area contributed by atoms with Crippen molar-refractivity contribution >= 4 is 34.9 Å². The molecule has 1 N–H and O–H groups in total. The molecule has 1 unspecified atom stereocenters. The van der Waals surface area contributed by atoms with Gasteiger partial charge in [-0.25, -0.2) is 9.78 Å². The van der Waals surface area contributed by atoms with Crippen molar-refractivity contribution < 1.29 is 4.79 Å². The molecule has 0 radical (unpaired) electrons. The van der Waals surface area contributed by atoms with Gasteiger partial charge in [-0.2, -0.15) is 5.26 Å². The molecule has 1 saturated heterocycles. The molecule has 0 saturated carbocycles. The third kappa shape index (κ3) is 6.39. The molecule has 2 aliphatic rings. The number of aromatic nitrogens is 1. The van der Waals surface area contributed by atoms with Crippen molar-refractivity contribution in [3.05, 3.63) is 57.3 Å². The molecule has 2 aromatic rings. The van der Waals surface area contributed by atoms with Crippen molar-refractivity contribution in [1.29, 1.82) is 5.26 Å². The molecule has 7 nitrogen and oxygen atoms in total. The minimum atomic E-state index is -0.154. The van der Waals surface area contributed by atoms with Gasteiger partial charge in [-0.15, -0.1) is 0 Å². The lowest BCUT2D eigenvalue weighted by molar-refractivity contribution is 0.140. The van der Waals surface area contributed by atoms with Crippen molar-refractivity contribution in [3.63, 3.8) is 0 Å². The molecule has 0 bridgehead atoms. The molecule has 1 fully saturated rings. The van der Waals surface area contributed by atoms with E-state index in [9.17, 15) is 10.1 Å². The van der Waals surface area contributed by atoms with Crippen LogP contribution >= 0.6 is 23.2 Å². The number of amides is 2. The van der Waals surface area contributed by atoms with Crippen LogP contribution < -0.4 is 5.32 Å². The predicted molar refractivity (Wildman–Crippen MR) is 136 cm³/mol. The van der Waals surface area contributed by atoms with Crippen LogP contribution in [0.2, 0.25) is 10.3 Å². The van der Waals surface area contributed by atoms with Crippen LogP contribution in [0.15, 0.2) is 30.3 Å². The Hall–Kier alpha value is -2.37. The third-order valence-corrected chi connectivity index (χ3v) is 7.11. The van der Waals surface area contributed by atoms with Gasteiger partial charge in [0.2, 0.25) is 0 Å². The summed E-state index contributed by atoms with van der Waals surface area (Å²) < 4.78 is 0. The number of anilines is 1. The summed E-state index contributed by atoms with van der Waals surface area (Å²) >= 11 is 12.1. The molecule has 0 spiro atoms. The Bertz CT molecular complexity index is 1040. The minimum absolute atomic E-state index is 0.0840. The smallest absolute Gasteiger partial charge is 0.321 e. The van der Waals surface area contributed by atoms with Crippen LogP contribution in [0.4, 0.5) is 10.5 Å². The number of carbonyl (C=O) groups is 1. The molecule has 4 rings (SSSR count). The zero-order chi connectivity index (χ0) is 24.1. The first-order valence-electron chi connectivity index (χ1n) is 11.7. The van der Waals surface area contributed by atoms with E-state index in [4.69, 9.17) is 23.2 Å². The van der Waals surface area contributed by atoms with Gasteiger partial charge in [-0.3, -0.25) is 0 Å². The van der Waals surface area contributed by atoms with Crippen LogP contribution in [0.5, 0.6) is 0 Å². The quantitative estimate of drug-likeness (QED) is 0.598. The largest absolute Gasteiger partial charge is 0.322 e. The highest BCUT2D eigenvalue weighted by Crippen LogP contribution is 2.27. The van der Waals surface area contributed by atoms with Crippen LogP contribution in [0.25, 0.3) is 0 Å². The molecule has 1 aliphatic heterocycles. The molecule has 2 amide bonds. The number of carbonyl (C=O) groups excluding carboxylic acids is 1. The number of urea groups is 1. The van der Waals surface area contributed by atoms with E-state index in [1.807, 2.05) is 23.1 Å². The fourth-order valence-electron chi connectivity index (χ4n) is 4.79. The lowest BCUT2D eigenvalue weighted by Crippen LogP contribution is -2.48. The van der Waals surface area contributed by atoms with E-state index in [-0.39, 0.29) is 22.4 Å². The number of aryl methyl sites for hydroxylation is 1. The Labute approximate surface area is 211 Å². The van der Waals surface area contributed by atoms with Gasteiger partial charge in [0.05, 0.1) is 11.6 Å². The first-order valence-corrected chi connectivity index (χ1v) is 12.5. The van der Waals surface area contributed by atoms with E-state index in [0.29, 0.717) is 17.8 Å². The number of benzene rings is 1. The van der Waals surface area contributed by atoms with Crippen LogP contribution in [0.3, 0.4) is 0 Å². The van der Waals surface area contributed by atoms with Crippen LogP contribution in [0.1, 0.15) is 29.5 Å². The number of likely N-dealkylation sites (N-methyl/N-ethyl adjacent to an activating group) is 1. The maximum Gasteiger partial charge on any atom is 0.322 e. The van der Waals surface area contributed by atoms with E-state index in [0.717, 1.165) is 58.4 Å². The van der Waals surface area contributed by atoms with Gasteiger partial charge < -0.3 is 20.0 Å². The monoisotopic (exact) mass is 500 g/mol. The first kappa shape index (κ1) is 24.7. The summed E-state index contributed by atoms with van der Waals surface area (Å²) in [6.45, 7) is 5.93. The number of hydrogen-bond donors (Lipinski definition) is 1. The van der Waals surface area contributed by atoms with Crippen molar-refractivity contribution in [3.8, 4) is 6.07 Å². The zero-order valence-corrected chi connectivity index (χ0v) is 20.9. The average molecular weight is 501 g/mol. The third-order valence-electron chi connectivity index (χ3n) is 6.72. The summed E-state index contributed by atoms with van der Waals surface area (Å²) in [6, 6.07) is 11.2. The fraction of sp³-hybridized carbons (Fsp3) is 0.480. The molecule has 34 heavy (non-hydrogen) atoms. The van der Waals surface area contributed by atoms with Gasteiger partial charge in [0.15, 0.2) is 0 Å². The van der Waals surface area contributed by atoms with Gasteiger partial charge >= 0.3 is 6.03 Å². The molecule has 1 aromatic heterocycles. The number of nitriles is 1. The van der Waals surface area contributed by atoms with Crippen molar-refractivity contribution in [2.45, 2.75) is 31.7 Å². The highest BCUT2D eigenvalue weighted by molar-refractivity contribution is 6.32. The second-order valence-corrected chi connectivity index (χ2v) is 9.89. The number of fused-ring (bicyclic) bond motifs is 1. The highest BCUT2D eigenvalue weighted by atomic mass is 35.5. The molecular weight excluding hydrogens is 471 g/mol. The van der Waals surface area contributed by atoms with Crippen LogP contribution in [-0.4, -0.2) is 78.1 Å². The Kier molecular flexibility index (Phi) is 8.28. The minimum Gasteiger partial charge on any atom is -0.321 e. The summed E-state index contributed by atoms with van der Waals surface area (Å²) in [4.78, 5) is 24.1. The van der Waals surface area contributed by atoms with Crippen molar-refractivity contribution in [2.24, 2.45) is 0 Å². The molecule has 2 heterocycles.